The molecular weight excluding hydrogens is 307 g/mol. The molecule has 0 bridgehead atoms. The van der Waals surface area contributed by atoms with Crippen molar-refractivity contribution >= 4 is 16.2 Å². The molecule has 5 nitrogen and oxygen atoms in total. The molecule has 3 rings (SSSR count). The minimum Gasteiger partial charge on any atom is -0.457 e. The number of ether oxygens (including phenoxy) is 1. The molecule has 1 aliphatic heterocycles. The normalized spacial score (nSPS) is 17.2. The molecule has 0 aliphatic carbocycles. The highest BCUT2D eigenvalue weighted by Gasteiger charge is 2.28. The van der Waals surface area contributed by atoms with Gasteiger partial charge < -0.3 is 10.1 Å². The van der Waals surface area contributed by atoms with E-state index < -0.39 is 15.2 Å². The molecule has 2 aromatic carbocycles. The van der Waals surface area contributed by atoms with Gasteiger partial charge in [0.05, 0.1) is 17.8 Å². The van der Waals surface area contributed by atoms with E-state index in [2.05, 4.69) is 10.3 Å². The predicted octanol–water partition coefficient (Wildman–Crippen LogP) is 2.35. The summed E-state index contributed by atoms with van der Waals surface area (Å²) in [4.78, 5) is 4.06. The van der Waals surface area contributed by atoms with Crippen molar-refractivity contribution in [2.45, 2.75) is 10.3 Å². The maximum absolute atomic E-state index is 12.8. The average Bonchev–Trinajstić information content (AvgIpc) is 3.05. The quantitative estimate of drug-likeness (QED) is 0.939. The standard InChI is InChI=1S/C15H13FN2O3S/c16-11-1-3-12(4-2-11)21-13-5-7-14(8-6-13)22(19,20)15-9-17-10-18-15/h1-8,10,15H,9H2,(H,17,18). The van der Waals surface area contributed by atoms with Crippen molar-refractivity contribution in [3.05, 3.63) is 54.3 Å². The Morgan fingerprint density at radius 3 is 2.18 bits per heavy atom. The first kappa shape index (κ1) is 14.5. The van der Waals surface area contributed by atoms with Gasteiger partial charge in [-0.05, 0) is 48.5 Å². The van der Waals surface area contributed by atoms with Gasteiger partial charge in [0.2, 0.25) is 9.84 Å². The zero-order chi connectivity index (χ0) is 15.6. The van der Waals surface area contributed by atoms with E-state index in [1.165, 1.54) is 42.7 Å². The van der Waals surface area contributed by atoms with Gasteiger partial charge in [0, 0.05) is 0 Å². The Labute approximate surface area is 127 Å². The third-order valence-electron chi connectivity index (χ3n) is 3.20. The molecular formula is C15H13FN2O3S. The van der Waals surface area contributed by atoms with Gasteiger partial charge in [0.1, 0.15) is 17.3 Å². The zero-order valence-corrected chi connectivity index (χ0v) is 12.3. The van der Waals surface area contributed by atoms with E-state index in [1.54, 1.807) is 12.1 Å². The van der Waals surface area contributed by atoms with Gasteiger partial charge in [-0.2, -0.15) is 0 Å². The minimum atomic E-state index is -3.48. The van der Waals surface area contributed by atoms with Crippen LogP contribution in [0.25, 0.3) is 0 Å². The Hall–Kier alpha value is -2.41. The number of sulfone groups is 1. The molecule has 0 saturated heterocycles. The molecule has 0 aromatic heterocycles. The second-order valence-corrected chi connectivity index (χ2v) is 6.85. The molecule has 1 heterocycles. The Balaban J connectivity index is 1.76. The van der Waals surface area contributed by atoms with Gasteiger partial charge in [-0.25, -0.2) is 12.8 Å². The molecule has 22 heavy (non-hydrogen) atoms. The van der Waals surface area contributed by atoms with E-state index >= 15 is 0 Å². The Morgan fingerprint density at radius 2 is 1.64 bits per heavy atom. The van der Waals surface area contributed by atoms with Crippen LogP contribution >= 0.6 is 0 Å². The Kier molecular flexibility index (Phi) is 3.81. The number of nitrogens with zero attached hydrogens (tertiary/aromatic N) is 1. The monoisotopic (exact) mass is 320 g/mol. The van der Waals surface area contributed by atoms with Gasteiger partial charge >= 0.3 is 0 Å². The van der Waals surface area contributed by atoms with Crippen LogP contribution in [-0.4, -0.2) is 26.7 Å². The fourth-order valence-electron chi connectivity index (χ4n) is 2.03. The molecule has 7 heteroatoms. The first-order valence-electron chi connectivity index (χ1n) is 6.57. The number of hydrogen-bond donors (Lipinski definition) is 1. The number of aliphatic imine (C=N–C) groups is 1. The Bertz CT molecular complexity index is 779. The van der Waals surface area contributed by atoms with Crippen molar-refractivity contribution in [1.82, 2.24) is 5.32 Å². The number of hydrogen-bond acceptors (Lipinski definition) is 5. The van der Waals surface area contributed by atoms with E-state index in [1.807, 2.05) is 0 Å². The number of rotatable bonds is 4. The lowest BCUT2D eigenvalue weighted by molar-refractivity contribution is 0.480. The second-order valence-electron chi connectivity index (χ2n) is 4.72. The molecule has 1 unspecified atom stereocenters. The van der Waals surface area contributed by atoms with Crippen LogP contribution in [0, 0.1) is 5.82 Å². The third-order valence-corrected chi connectivity index (χ3v) is 5.16. The molecule has 0 amide bonds. The summed E-state index contributed by atoms with van der Waals surface area (Å²) in [5.74, 6) is 0.601. The van der Waals surface area contributed by atoms with Crippen LogP contribution in [0.5, 0.6) is 11.5 Å². The average molecular weight is 320 g/mol. The summed E-state index contributed by atoms with van der Waals surface area (Å²) in [6, 6.07) is 11.7. The number of nitrogens with one attached hydrogen (secondary N) is 1. The summed E-state index contributed by atoms with van der Waals surface area (Å²) >= 11 is 0. The summed E-state index contributed by atoms with van der Waals surface area (Å²) in [5.41, 5.74) is 0. The Morgan fingerprint density at radius 1 is 1.05 bits per heavy atom. The number of benzene rings is 2. The largest absolute Gasteiger partial charge is 0.457 e. The van der Waals surface area contributed by atoms with Crippen LogP contribution in [0.3, 0.4) is 0 Å². The van der Waals surface area contributed by atoms with E-state index in [9.17, 15) is 12.8 Å². The van der Waals surface area contributed by atoms with Crippen molar-refractivity contribution in [3.8, 4) is 11.5 Å². The topological polar surface area (TPSA) is 67.8 Å². The van der Waals surface area contributed by atoms with E-state index in [4.69, 9.17) is 4.74 Å². The van der Waals surface area contributed by atoms with Gasteiger partial charge in [-0.1, -0.05) is 0 Å². The molecule has 1 N–H and O–H groups in total. The zero-order valence-electron chi connectivity index (χ0n) is 11.4. The molecule has 0 spiro atoms. The van der Waals surface area contributed by atoms with Crippen LogP contribution in [-0.2, 0) is 9.84 Å². The molecule has 2 aromatic rings. The first-order valence-corrected chi connectivity index (χ1v) is 8.12. The van der Waals surface area contributed by atoms with Crippen molar-refractivity contribution in [1.29, 1.82) is 0 Å². The van der Waals surface area contributed by atoms with Crippen molar-refractivity contribution in [3.63, 3.8) is 0 Å². The van der Waals surface area contributed by atoms with Crippen LogP contribution in [0.15, 0.2) is 58.4 Å². The maximum atomic E-state index is 12.8. The molecule has 114 valence electrons. The summed E-state index contributed by atoms with van der Waals surface area (Å²) in [6.45, 7) is 0.205. The van der Waals surface area contributed by atoms with Crippen LogP contribution in [0.2, 0.25) is 0 Å². The fourth-order valence-corrected chi connectivity index (χ4v) is 3.39. The third kappa shape index (κ3) is 2.94. The van der Waals surface area contributed by atoms with Crippen LogP contribution in [0.4, 0.5) is 4.39 Å². The van der Waals surface area contributed by atoms with Crippen LogP contribution in [0.1, 0.15) is 0 Å². The highest BCUT2D eigenvalue weighted by molar-refractivity contribution is 7.92. The van der Waals surface area contributed by atoms with Gasteiger partial charge in [-0.15, -0.1) is 0 Å². The summed E-state index contributed by atoms with van der Waals surface area (Å²) < 4.78 is 43.0. The predicted molar refractivity (Wildman–Crippen MR) is 80.4 cm³/mol. The van der Waals surface area contributed by atoms with Gasteiger partial charge in [0.25, 0.3) is 0 Å². The second kappa shape index (κ2) is 5.76. The van der Waals surface area contributed by atoms with E-state index in [0.717, 1.165) is 0 Å². The highest BCUT2D eigenvalue weighted by atomic mass is 32.2. The fraction of sp³-hybridized carbons (Fsp3) is 0.133. The SMILES string of the molecule is O=S(=O)(c1ccc(Oc2ccc(F)cc2)cc1)C1CN=CN1. The summed E-state index contributed by atoms with van der Waals surface area (Å²) in [7, 11) is -3.48. The molecule has 1 aliphatic rings. The molecule has 0 fully saturated rings. The maximum Gasteiger partial charge on any atom is 0.201 e. The molecule has 0 saturated carbocycles. The van der Waals surface area contributed by atoms with Crippen molar-refractivity contribution in [2.24, 2.45) is 4.99 Å². The summed E-state index contributed by atoms with van der Waals surface area (Å²) in [5, 5.41) is 1.98. The van der Waals surface area contributed by atoms with Gasteiger partial charge in [0.15, 0.2) is 5.37 Å². The lowest BCUT2D eigenvalue weighted by Crippen LogP contribution is -2.33. The minimum absolute atomic E-state index is 0.196. The van der Waals surface area contributed by atoms with Crippen LogP contribution < -0.4 is 10.1 Å². The van der Waals surface area contributed by atoms with Crippen molar-refractivity contribution in [2.75, 3.05) is 6.54 Å². The van der Waals surface area contributed by atoms with Crippen molar-refractivity contribution < 1.29 is 17.5 Å². The molecule has 0 radical (unpaired) electrons. The number of halogens is 1. The smallest absolute Gasteiger partial charge is 0.201 e. The first-order chi connectivity index (χ1) is 10.6. The van der Waals surface area contributed by atoms with E-state index in [0.29, 0.717) is 11.5 Å². The lowest BCUT2D eigenvalue weighted by atomic mass is 10.3. The van der Waals surface area contributed by atoms with Gasteiger partial charge in [-0.3, -0.25) is 4.99 Å². The molecule has 1 atom stereocenters. The van der Waals surface area contributed by atoms with E-state index in [-0.39, 0.29) is 17.3 Å². The summed E-state index contributed by atoms with van der Waals surface area (Å²) in [6.07, 6.45) is 1.40. The highest BCUT2D eigenvalue weighted by Crippen LogP contribution is 2.24. The lowest BCUT2D eigenvalue weighted by Gasteiger charge is -2.12.